The number of aromatic nitrogens is 2. The zero-order valence-electron chi connectivity index (χ0n) is 11.1. The molecule has 1 N–H and O–H groups in total. The first-order valence-corrected chi connectivity index (χ1v) is 6.29. The van der Waals surface area contributed by atoms with E-state index in [0.29, 0.717) is 5.56 Å². The van der Waals surface area contributed by atoms with Gasteiger partial charge in [0, 0.05) is 18.0 Å². The van der Waals surface area contributed by atoms with Crippen LogP contribution in [0.15, 0.2) is 48.1 Å². The number of nitrogens with zero attached hydrogens (tertiary/aromatic N) is 3. The minimum absolute atomic E-state index is 0.0377. The van der Waals surface area contributed by atoms with Crippen LogP contribution in [0.2, 0.25) is 0 Å². The van der Waals surface area contributed by atoms with Gasteiger partial charge in [-0.3, -0.25) is 0 Å². The molecule has 1 aliphatic rings. The van der Waals surface area contributed by atoms with E-state index in [0.717, 1.165) is 11.1 Å². The van der Waals surface area contributed by atoms with Crippen molar-refractivity contribution in [1.82, 2.24) is 9.97 Å². The predicted molar refractivity (Wildman–Crippen MR) is 70.7 cm³/mol. The standard InChI is InChI=1S/C14H10F3N3O2/c15-14(16,17)13(21)5-12(20-22-13)10-3-1-9(2-4-10)11-6-18-8-19-7-11/h1-4,6-8,21H,5H2. The molecule has 0 aliphatic carbocycles. The number of benzene rings is 1. The number of hydrogen-bond donors (Lipinski definition) is 1. The Balaban J connectivity index is 1.81. The summed E-state index contributed by atoms with van der Waals surface area (Å²) < 4.78 is 38.0. The summed E-state index contributed by atoms with van der Waals surface area (Å²) in [7, 11) is 0. The molecule has 0 amide bonds. The van der Waals surface area contributed by atoms with Gasteiger partial charge in [0.2, 0.25) is 0 Å². The van der Waals surface area contributed by atoms with Crippen LogP contribution in [-0.4, -0.2) is 32.7 Å². The molecule has 0 fully saturated rings. The van der Waals surface area contributed by atoms with E-state index in [4.69, 9.17) is 0 Å². The molecule has 1 aromatic carbocycles. The molecule has 2 heterocycles. The highest BCUT2D eigenvalue weighted by Crippen LogP contribution is 2.39. The van der Waals surface area contributed by atoms with Crippen molar-refractivity contribution in [3.8, 4) is 11.1 Å². The minimum Gasteiger partial charge on any atom is -0.350 e. The molecule has 5 nitrogen and oxygen atoms in total. The van der Waals surface area contributed by atoms with Crippen LogP contribution in [0.3, 0.4) is 0 Å². The number of aliphatic hydroxyl groups is 1. The molecule has 114 valence electrons. The molecule has 1 unspecified atom stereocenters. The van der Waals surface area contributed by atoms with E-state index in [9.17, 15) is 18.3 Å². The molecule has 1 atom stereocenters. The fraction of sp³-hybridized carbons (Fsp3) is 0.214. The maximum Gasteiger partial charge on any atom is 0.458 e. The summed E-state index contributed by atoms with van der Waals surface area (Å²) in [5.41, 5.74) is 2.08. The second-order valence-electron chi connectivity index (χ2n) is 4.79. The summed E-state index contributed by atoms with van der Waals surface area (Å²) in [6, 6.07) is 6.63. The summed E-state index contributed by atoms with van der Waals surface area (Å²) >= 11 is 0. The SMILES string of the molecule is OC1(C(F)(F)F)CC(c2ccc(-c3cncnc3)cc2)=NO1. The maximum absolute atomic E-state index is 12.7. The van der Waals surface area contributed by atoms with E-state index < -0.39 is 18.4 Å². The number of hydrogen-bond acceptors (Lipinski definition) is 5. The van der Waals surface area contributed by atoms with Crippen molar-refractivity contribution in [2.24, 2.45) is 5.16 Å². The van der Waals surface area contributed by atoms with Gasteiger partial charge in [-0.1, -0.05) is 29.4 Å². The average molecular weight is 309 g/mol. The molecule has 1 aliphatic heterocycles. The highest BCUT2D eigenvalue weighted by atomic mass is 19.4. The van der Waals surface area contributed by atoms with Crippen LogP contribution in [0.5, 0.6) is 0 Å². The van der Waals surface area contributed by atoms with Gasteiger partial charge in [-0.2, -0.15) is 13.2 Å². The zero-order chi connectivity index (χ0) is 15.8. The Morgan fingerprint density at radius 2 is 1.59 bits per heavy atom. The van der Waals surface area contributed by atoms with Crippen LogP contribution in [0.4, 0.5) is 13.2 Å². The topological polar surface area (TPSA) is 67.6 Å². The van der Waals surface area contributed by atoms with Crippen LogP contribution in [0, 0.1) is 0 Å². The summed E-state index contributed by atoms with van der Waals surface area (Å²) in [6.45, 7) is 0. The van der Waals surface area contributed by atoms with Gasteiger partial charge in [0.05, 0.1) is 12.1 Å². The lowest BCUT2D eigenvalue weighted by Crippen LogP contribution is -2.45. The molecule has 0 spiro atoms. The van der Waals surface area contributed by atoms with Gasteiger partial charge < -0.3 is 9.94 Å². The zero-order valence-corrected chi connectivity index (χ0v) is 11.1. The Hall–Kier alpha value is -2.48. The molecule has 0 radical (unpaired) electrons. The second-order valence-corrected chi connectivity index (χ2v) is 4.79. The minimum atomic E-state index is -4.90. The summed E-state index contributed by atoms with van der Waals surface area (Å²) in [4.78, 5) is 12.0. The van der Waals surface area contributed by atoms with Crippen LogP contribution in [0.1, 0.15) is 12.0 Å². The normalized spacial score (nSPS) is 21.4. The second kappa shape index (κ2) is 5.06. The van der Waals surface area contributed by atoms with Crippen molar-refractivity contribution in [2.75, 3.05) is 0 Å². The third-order valence-electron chi connectivity index (χ3n) is 3.27. The van der Waals surface area contributed by atoms with E-state index in [2.05, 4.69) is 20.0 Å². The third-order valence-corrected chi connectivity index (χ3v) is 3.27. The molecule has 8 heteroatoms. The summed E-state index contributed by atoms with van der Waals surface area (Å²) in [5, 5.41) is 12.8. The monoisotopic (exact) mass is 309 g/mol. The number of halogens is 3. The van der Waals surface area contributed by atoms with Gasteiger partial charge in [0.1, 0.15) is 6.33 Å². The largest absolute Gasteiger partial charge is 0.458 e. The first-order valence-electron chi connectivity index (χ1n) is 6.29. The van der Waals surface area contributed by atoms with Gasteiger partial charge in [0.15, 0.2) is 0 Å². The number of rotatable bonds is 2. The van der Waals surface area contributed by atoms with E-state index in [1.165, 1.54) is 6.33 Å². The maximum atomic E-state index is 12.7. The molecule has 0 bridgehead atoms. The predicted octanol–water partition coefficient (Wildman–Crippen LogP) is 2.52. The molecule has 0 saturated carbocycles. The highest BCUT2D eigenvalue weighted by Gasteiger charge is 2.60. The van der Waals surface area contributed by atoms with Crippen molar-refractivity contribution in [2.45, 2.75) is 18.4 Å². The fourth-order valence-corrected chi connectivity index (χ4v) is 2.03. The lowest BCUT2D eigenvalue weighted by atomic mass is 10.00. The van der Waals surface area contributed by atoms with Gasteiger partial charge in [-0.25, -0.2) is 9.97 Å². The van der Waals surface area contributed by atoms with E-state index >= 15 is 0 Å². The number of oxime groups is 1. The van der Waals surface area contributed by atoms with Crippen molar-refractivity contribution in [1.29, 1.82) is 0 Å². The quantitative estimate of drug-likeness (QED) is 0.925. The van der Waals surface area contributed by atoms with Crippen LogP contribution < -0.4 is 0 Å². The van der Waals surface area contributed by atoms with Crippen LogP contribution in [-0.2, 0) is 4.84 Å². The molecule has 22 heavy (non-hydrogen) atoms. The number of alkyl halides is 3. The Bertz CT molecular complexity index is 702. The smallest absolute Gasteiger partial charge is 0.350 e. The lowest BCUT2D eigenvalue weighted by Gasteiger charge is -2.22. The van der Waals surface area contributed by atoms with E-state index in [1.54, 1.807) is 36.7 Å². The fourth-order valence-electron chi connectivity index (χ4n) is 2.03. The van der Waals surface area contributed by atoms with E-state index in [1.807, 2.05) is 0 Å². The molecular formula is C14H10F3N3O2. The van der Waals surface area contributed by atoms with Crippen LogP contribution in [0.25, 0.3) is 11.1 Å². The van der Waals surface area contributed by atoms with Gasteiger partial charge >= 0.3 is 12.0 Å². The van der Waals surface area contributed by atoms with Crippen molar-refractivity contribution in [3.05, 3.63) is 48.5 Å². The Labute approximate surface area is 123 Å². The lowest BCUT2D eigenvalue weighted by molar-refractivity contribution is -0.355. The Morgan fingerprint density at radius 3 is 2.14 bits per heavy atom. The Morgan fingerprint density at radius 1 is 1.00 bits per heavy atom. The third kappa shape index (κ3) is 2.52. The van der Waals surface area contributed by atoms with Crippen molar-refractivity contribution in [3.63, 3.8) is 0 Å². The van der Waals surface area contributed by atoms with E-state index in [-0.39, 0.29) is 5.71 Å². The molecule has 3 rings (SSSR count). The molecule has 1 aromatic heterocycles. The highest BCUT2D eigenvalue weighted by molar-refractivity contribution is 6.01. The Kier molecular flexibility index (Phi) is 3.32. The van der Waals surface area contributed by atoms with Crippen molar-refractivity contribution < 1.29 is 23.1 Å². The summed E-state index contributed by atoms with van der Waals surface area (Å²) in [6.07, 6.45) is -0.995. The van der Waals surface area contributed by atoms with Gasteiger partial charge in [-0.05, 0) is 11.1 Å². The average Bonchev–Trinajstić information content (AvgIpc) is 2.92. The van der Waals surface area contributed by atoms with Gasteiger partial charge in [-0.15, -0.1) is 0 Å². The van der Waals surface area contributed by atoms with Crippen molar-refractivity contribution >= 4 is 5.71 Å². The molecule has 0 saturated heterocycles. The van der Waals surface area contributed by atoms with Crippen LogP contribution >= 0.6 is 0 Å². The molecule has 2 aromatic rings. The summed E-state index contributed by atoms with van der Waals surface area (Å²) in [5.74, 6) is -3.26. The van der Waals surface area contributed by atoms with Gasteiger partial charge in [0.25, 0.3) is 0 Å². The molecular weight excluding hydrogens is 299 g/mol. The first kappa shape index (κ1) is 14.5. The first-order chi connectivity index (χ1) is 10.4.